The van der Waals surface area contributed by atoms with Crippen molar-refractivity contribution in [2.45, 2.75) is 0 Å². The molecule has 0 radical (unpaired) electrons. The Labute approximate surface area is 114 Å². The van der Waals surface area contributed by atoms with Gasteiger partial charge in [0.05, 0.1) is 12.8 Å². The highest BCUT2D eigenvalue weighted by atomic mass is 19.1. The number of methoxy groups -OCH3 is 1. The van der Waals surface area contributed by atoms with Gasteiger partial charge in [-0.3, -0.25) is 5.10 Å². The molecule has 0 aliphatic rings. The third kappa shape index (κ3) is 1.93. The van der Waals surface area contributed by atoms with Crippen molar-refractivity contribution < 1.29 is 13.9 Å². The van der Waals surface area contributed by atoms with Gasteiger partial charge in [0.25, 0.3) is 0 Å². The van der Waals surface area contributed by atoms with Crippen LogP contribution >= 0.6 is 0 Å². The van der Waals surface area contributed by atoms with Crippen LogP contribution < -0.4 is 0 Å². The first kappa shape index (κ1) is 12.3. The number of carbonyl (C=O) groups is 1. The van der Waals surface area contributed by atoms with Gasteiger partial charge in [-0.2, -0.15) is 5.10 Å². The van der Waals surface area contributed by atoms with Gasteiger partial charge >= 0.3 is 5.97 Å². The number of ether oxygens (including phenoxy) is 1. The van der Waals surface area contributed by atoms with Crippen LogP contribution in [0.5, 0.6) is 0 Å². The number of hydrogen-bond acceptors (Lipinski definition) is 3. The predicted octanol–water partition coefficient (Wildman–Crippen LogP) is 3.16. The second kappa shape index (κ2) is 4.77. The Kier molecular flexibility index (Phi) is 2.95. The molecule has 0 atom stereocenters. The van der Waals surface area contributed by atoms with Crippen LogP contribution in [0.4, 0.5) is 4.39 Å². The molecular formula is C15H11FN2O2. The van der Waals surface area contributed by atoms with E-state index in [-0.39, 0.29) is 11.5 Å². The van der Waals surface area contributed by atoms with E-state index in [4.69, 9.17) is 0 Å². The molecule has 0 fully saturated rings. The number of benzene rings is 2. The number of hydrogen-bond donors (Lipinski definition) is 1. The van der Waals surface area contributed by atoms with Gasteiger partial charge in [0, 0.05) is 10.9 Å². The van der Waals surface area contributed by atoms with Crippen molar-refractivity contribution >= 4 is 16.7 Å². The zero-order valence-electron chi connectivity index (χ0n) is 10.7. The van der Waals surface area contributed by atoms with Crippen LogP contribution in [0, 0.1) is 5.82 Å². The average molecular weight is 270 g/mol. The summed E-state index contributed by atoms with van der Waals surface area (Å²) in [7, 11) is 1.30. The van der Waals surface area contributed by atoms with E-state index in [2.05, 4.69) is 14.9 Å². The van der Waals surface area contributed by atoms with E-state index in [0.29, 0.717) is 11.1 Å². The quantitative estimate of drug-likeness (QED) is 0.728. The Bertz CT molecular complexity index is 795. The van der Waals surface area contributed by atoms with Crippen LogP contribution in [0.25, 0.3) is 22.0 Å². The summed E-state index contributed by atoms with van der Waals surface area (Å²) < 4.78 is 18.4. The summed E-state index contributed by atoms with van der Waals surface area (Å²) in [6, 6.07) is 11.8. The van der Waals surface area contributed by atoms with Crippen LogP contribution in [-0.2, 0) is 4.74 Å². The third-order valence-corrected chi connectivity index (χ3v) is 3.13. The maximum absolute atomic E-state index is 13.8. The zero-order valence-corrected chi connectivity index (χ0v) is 10.7. The fourth-order valence-electron chi connectivity index (χ4n) is 2.16. The number of fused-ring (bicyclic) bond motifs is 1. The first-order chi connectivity index (χ1) is 9.70. The number of rotatable bonds is 2. The van der Waals surface area contributed by atoms with Crippen LogP contribution in [0.15, 0.2) is 42.5 Å². The van der Waals surface area contributed by atoms with Gasteiger partial charge in [-0.1, -0.05) is 24.3 Å². The minimum atomic E-state index is -0.491. The second-order valence-corrected chi connectivity index (χ2v) is 4.30. The normalized spacial score (nSPS) is 10.7. The monoisotopic (exact) mass is 270 g/mol. The first-order valence-electron chi connectivity index (χ1n) is 6.02. The zero-order chi connectivity index (χ0) is 14.1. The fraction of sp³-hybridized carbons (Fsp3) is 0.0667. The molecule has 1 aromatic heterocycles. The standard InChI is InChI=1S/C15H11FN2O2/c1-20-15(19)14-8-13(17-18-14)11-6-7-12(16)10-5-3-2-4-9(10)11/h2-8H,1H3,(H,17,18). The lowest BCUT2D eigenvalue weighted by Gasteiger charge is -2.04. The molecule has 20 heavy (non-hydrogen) atoms. The van der Waals surface area contributed by atoms with E-state index < -0.39 is 5.97 Å². The van der Waals surface area contributed by atoms with E-state index in [1.54, 1.807) is 24.3 Å². The minimum absolute atomic E-state index is 0.260. The van der Waals surface area contributed by atoms with Crippen molar-refractivity contribution in [3.8, 4) is 11.3 Å². The summed E-state index contributed by atoms with van der Waals surface area (Å²) in [4.78, 5) is 11.4. The van der Waals surface area contributed by atoms with Crippen LogP contribution in [0.2, 0.25) is 0 Å². The van der Waals surface area contributed by atoms with Gasteiger partial charge in [0.15, 0.2) is 0 Å². The molecule has 5 heteroatoms. The molecule has 100 valence electrons. The molecule has 0 saturated carbocycles. The van der Waals surface area contributed by atoms with E-state index in [9.17, 15) is 9.18 Å². The summed E-state index contributed by atoms with van der Waals surface area (Å²) in [6.07, 6.45) is 0. The van der Waals surface area contributed by atoms with Gasteiger partial charge < -0.3 is 4.74 Å². The van der Waals surface area contributed by atoms with Crippen molar-refractivity contribution in [2.24, 2.45) is 0 Å². The van der Waals surface area contributed by atoms with E-state index >= 15 is 0 Å². The molecule has 0 aliphatic carbocycles. The van der Waals surface area contributed by atoms with Gasteiger partial charge in [-0.15, -0.1) is 0 Å². The number of nitrogens with one attached hydrogen (secondary N) is 1. The molecule has 3 rings (SSSR count). The maximum Gasteiger partial charge on any atom is 0.356 e. The minimum Gasteiger partial charge on any atom is -0.464 e. The Morgan fingerprint density at radius 2 is 1.95 bits per heavy atom. The highest BCUT2D eigenvalue weighted by Crippen LogP contribution is 2.29. The van der Waals surface area contributed by atoms with Crippen LogP contribution in [0.1, 0.15) is 10.5 Å². The molecule has 4 nitrogen and oxygen atoms in total. The Hall–Kier alpha value is -2.69. The molecule has 0 saturated heterocycles. The Morgan fingerprint density at radius 3 is 2.70 bits per heavy atom. The van der Waals surface area contributed by atoms with Crippen molar-refractivity contribution in [3.05, 3.63) is 54.0 Å². The molecule has 0 aliphatic heterocycles. The number of aromatic nitrogens is 2. The van der Waals surface area contributed by atoms with Crippen molar-refractivity contribution in [1.82, 2.24) is 10.2 Å². The maximum atomic E-state index is 13.8. The molecule has 0 unspecified atom stereocenters. The molecular weight excluding hydrogens is 259 g/mol. The van der Waals surface area contributed by atoms with Gasteiger partial charge in [-0.05, 0) is 23.6 Å². The van der Waals surface area contributed by atoms with Crippen molar-refractivity contribution in [1.29, 1.82) is 0 Å². The van der Waals surface area contributed by atoms with Gasteiger partial charge in [-0.25, -0.2) is 9.18 Å². The fourth-order valence-corrected chi connectivity index (χ4v) is 2.16. The van der Waals surface area contributed by atoms with Gasteiger partial charge in [0.1, 0.15) is 11.5 Å². The number of halogens is 1. The van der Waals surface area contributed by atoms with E-state index in [1.807, 2.05) is 12.1 Å². The van der Waals surface area contributed by atoms with E-state index in [1.165, 1.54) is 13.2 Å². The second-order valence-electron chi connectivity index (χ2n) is 4.30. The largest absolute Gasteiger partial charge is 0.464 e. The summed E-state index contributed by atoms with van der Waals surface area (Å²) in [5.41, 5.74) is 1.59. The van der Waals surface area contributed by atoms with Crippen LogP contribution in [-0.4, -0.2) is 23.3 Å². The summed E-state index contributed by atoms with van der Waals surface area (Å²) >= 11 is 0. The molecule has 0 spiro atoms. The number of nitrogens with zero attached hydrogens (tertiary/aromatic N) is 1. The summed E-state index contributed by atoms with van der Waals surface area (Å²) in [6.45, 7) is 0. The van der Waals surface area contributed by atoms with Crippen molar-refractivity contribution in [3.63, 3.8) is 0 Å². The molecule has 2 aromatic carbocycles. The molecule has 3 aromatic rings. The number of esters is 1. The third-order valence-electron chi connectivity index (χ3n) is 3.13. The predicted molar refractivity (Wildman–Crippen MR) is 72.8 cm³/mol. The lowest BCUT2D eigenvalue weighted by molar-refractivity contribution is 0.0594. The Morgan fingerprint density at radius 1 is 1.20 bits per heavy atom. The topological polar surface area (TPSA) is 55.0 Å². The first-order valence-corrected chi connectivity index (χ1v) is 6.02. The smallest absolute Gasteiger partial charge is 0.356 e. The summed E-state index contributed by atoms with van der Waals surface area (Å²) in [5, 5.41) is 7.97. The molecule has 1 N–H and O–H groups in total. The Balaban J connectivity index is 2.17. The number of aromatic amines is 1. The molecule has 1 heterocycles. The van der Waals surface area contributed by atoms with Crippen LogP contribution in [0.3, 0.4) is 0 Å². The molecule has 0 bridgehead atoms. The van der Waals surface area contributed by atoms with Crippen molar-refractivity contribution in [2.75, 3.05) is 7.11 Å². The highest BCUT2D eigenvalue weighted by molar-refractivity contribution is 5.97. The lowest BCUT2D eigenvalue weighted by atomic mass is 10.0. The summed E-state index contributed by atoms with van der Waals surface area (Å²) in [5.74, 6) is -0.775. The number of H-pyrrole nitrogens is 1. The lowest BCUT2D eigenvalue weighted by Crippen LogP contribution is -2.00. The SMILES string of the molecule is COC(=O)c1cc(-c2ccc(F)c3ccccc23)n[nH]1. The highest BCUT2D eigenvalue weighted by Gasteiger charge is 2.13. The van der Waals surface area contributed by atoms with Gasteiger partial charge in [0.2, 0.25) is 0 Å². The van der Waals surface area contributed by atoms with E-state index in [0.717, 1.165) is 10.9 Å². The average Bonchev–Trinajstić information content (AvgIpc) is 2.97. The molecule has 0 amide bonds. The number of carbonyl (C=O) groups excluding carboxylic acids is 1.